The van der Waals surface area contributed by atoms with Gasteiger partial charge in [0.05, 0.1) is 6.54 Å². The second-order valence-corrected chi connectivity index (χ2v) is 2.38. The summed E-state index contributed by atoms with van der Waals surface area (Å²) < 4.78 is 0. The maximum absolute atomic E-state index is 11.0. The van der Waals surface area contributed by atoms with E-state index in [0.717, 1.165) is 0 Å². The van der Waals surface area contributed by atoms with E-state index < -0.39 is 22.9 Å². The number of carbonyl (C=O) groups excluding carboxylic acids is 2. The van der Waals surface area contributed by atoms with E-state index in [1.165, 1.54) is 7.05 Å². The highest BCUT2D eigenvalue weighted by molar-refractivity contribution is 5.98. The molecule has 1 aliphatic heterocycles. The van der Waals surface area contributed by atoms with Crippen LogP contribution in [0.4, 0.5) is 4.79 Å². The third-order valence-corrected chi connectivity index (χ3v) is 1.62. The van der Waals surface area contributed by atoms with E-state index in [2.05, 4.69) is 5.32 Å². The maximum Gasteiger partial charge on any atom is 0.324 e. The minimum absolute atomic E-state index is 0.227. The van der Waals surface area contributed by atoms with Crippen molar-refractivity contribution in [2.45, 2.75) is 6.04 Å². The zero-order valence-electron chi connectivity index (χ0n) is 6.31. The molecule has 0 bridgehead atoms. The minimum Gasteiger partial charge on any atom is -0.330 e. The Morgan fingerprint density at radius 2 is 2.25 bits per heavy atom. The number of amides is 3. The summed E-state index contributed by atoms with van der Waals surface area (Å²) in [4.78, 5) is 32.0. The Kier molecular flexibility index (Phi) is 1.94. The maximum atomic E-state index is 11.0. The summed E-state index contributed by atoms with van der Waals surface area (Å²) in [5.74, 6) is -0.774. The topological polar surface area (TPSA) is 92.6 Å². The Morgan fingerprint density at radius 1 is 1.67 bits per heavy atom. The predicted octanol–water partition coefficient (Wildman–Crippen LogP) is -1.19. The fraction of sp³-hybridized carbons (Fsp3) is 0.600. The summed E-state index contributed by atoms with van der Waals surface area (Å²) in [6.45, 7) is -0.227. The average molecular weight is 173 g/mol. The molecule has 66 valence electrons. The first-order valence-corrected chi connectivity index (χ1v) is 3.23. The molecule has 1 N–H and O–H groups in total. The van der Waals surface area contributed by atoms with Crippen molar-refractivity contribution >= 4 is 11.9 Å². The van der Waals surface area contributed by atoms with Crippen LogP contribution < -0.4 is 5.32 Å². The van der Waals surface area contributed by atoms with Gasteiger partial charge in [-0.3, -0.25) is 19.8 Å². The predicted molar refractivity (Wildman–Crippen MR) is 37.0 cm³/mol. The van der Waals surface area contributed by atoms with E-state index in [0.29, 0.717) is 4.90 Å². The molecule has 1 fully saturated rings. The van der Waals surface area contributed by atoms with Gasteiger partial charge in [0.2, 0.25) is 0 Å². The number of hydrogen-bond acceptors (Lipinski definition) is 4. The van der Waals surface area contributed by atoms with Crippen LogP contribution >= 0.6 is 0 Å². The Bertz CT molecular complexity index is 251. The van der Waals surface area contributed by atoms with Gasteiger partial charge < -0.3 is 5.32 Å². The van der Waals surface area contributed by atoms with Gasteiger partial charge in [0.15, 0.2) is 0 Å². The highest BCUT2D eigenvalue weighted by Crippen LogP contribution is 2.01. The molecule has 1 saturated heterocycles. The normalized spacial score (nSPS) is 23.8. The van der Waals surface area contributed by atoms with Crippen molar-refractivity contribution < 1.29 is 14.5 Å². The summed E-state index contributed by atoms with van der Waals surface area (Å²) in [7, 11) is 1.20. The number of urea groups is 1. The first kappa shape index (κ1) is 8.44. The van der Waals surface area contributed by atoms with Gasteiger partial charge >= 0.3 is 18.0 Å². The van der Waals surface area contributed by atoms with Crippen LogP contribution in [-0.4, -0.2) is 41.4 Å². The summed E-state index contributed by atoms with van der Waals surface area (Å²) in [6, 6.07) is -1.94. The van der Waals surface area contributed by atoms with Crippen LogP contribution in [0.15, 0.2) is 0 Å². The van der Waals surface area contributed by atoms with Gasteiger partial charge in [-0.25, -0.2) is 4.79 Å². The van der Waals surface area contributed by atoms with Gasteiger partial charge in [0, 0.05) is 12.0 Å². The van der Waals surface area contributed by atoms with Gasteiger partial charge in [-0.15, -0.1) is 0 Å². The Hall–Kier alpha value is -1.66. The fourth-order valence-electron chi connectivity index (χ4n) is 0.878. The third kappa shape index (κ3) is 1.20. The smallest absolute Gasteiger partial charge is 0.324 e. The van der Waals surface area contributed by atoms with Crippen molar-refractivity contribution in [2.75, 3.05) is 13.6 Å². The van der Waals surface area contributed by atoms with Gasteiger partial charge in [-0.05, 0) is 0 Å². The molecule has 0 radical (unpaired) electrons. The van der Waals surface area contributed by atoms with Gasteiger partial charge in [0.1, 0.15) is 0 Å². The molecule has 0 aromatic carbocycles. The molecule has 1 atom stereocenters. The lowest BCUT2D eigenvalue weighted by atomic mass is 10.2. The van der Waals surface area contributed by atoms with Crippen LogP contribution in [0.1, 0.15) is 0 Å². The second-order valence-electron chi connectivity index (χ2n) is 2.38. The van der Waals surface area contributed by atoms with Crippen LogP contribution in [0, 0.1) is 10.1 Å². The van der Waals surface area contributed by atoms with Crippen LogP contribution in [0.3, 0.4) is 0 Å². The first-order chi connectivity index (χ1) is 5.54. The molecular weight excluding hydrogens is 166 g/mol. The standard InChI is InChI=1S/C5H7N3O4/c1-7-4(9)3(8(11)12)2-6-5(7)10/h3H,2H2,1H3,(H,6,10). The van der Waals surface area contributed by atoms with Crippen molar-refractivity contribution in [2.24, 2.45) is 0 Å². The van der Waals surface area contributed by atoms with Crippen LogP contribution in [0.2, 0.25) is 0 Å². The van der Waals surface area contributed by atoms with Gasteiger partial charge in [-0.2, -0.15) is 0 Å². The summed E-state index contributed by atoms with van der Waals surface area (Å²) in [5, 5.41) is 12.4. The highest BCUT2D eigenvalue weighted by atomic mass is 16.6. The molecule has 7 heteroatoms. The molecule has 0 saturated carbocycles. The van der Waals surface area contributed by atoms with Crippen molar-refractivity contribution in [1.29, 1.82) is 0 Å². The average Bonchev–Trinajstić information content (AvgIpc) is 2.00. The van der Waals surface area contributed by atoms with Crippen molar-refractivity contribution in [3.8, 4) is 0 Å². The number of carbonyl (C=O) groups is 2. The number of hydrogen-bond donors (Lipinski definition) is 1. The third-order valence-electron chi connectivity index (χ3n) is 1.62. The first-order valence-electron chi connectivity index (χ1n) is 3.23. The molecule has 12 heavy (non-hydrogen) atoms. The van der Waals surface area contributed by atoms with Crippen molar-refractivity contribution in [1.82, 2.24) is 10.2 Å². The number of imide groups is 1. The minimum atomic E-state index is -1.34. The lowest BCUT2D eigenvalue weighted by Crippen LogP contribution is -2.58. The van der Waals surface area contributed by atoms with Crippen molar-refractivity contribution in [3.63, 3.8) is 0 Å². The molecule has 0 aromatic rings. The Morgan fingerprint density at radius 3 is 2.75 bits per heavy atom. The lowest BCUT2D eigenvalue weighted by Gasteiger charge is -2.23. The van der Waals surface area contributed by atoms with Crippen molar-refractivity contribution in [3.05, 3.63) is 10.1 Å². The second kappa shape index (κ2) is 2.76. The number of likely N-dealkylation sites (N-methyl/N-ethyl adjacent to an activating group) is 1. The molecular formula is C5H7N3O4. The largest absolute Gasteiger partial charge is 0.330 e. The molecule has 1 aliphatic rings. The Balaban J connectivity index is 2.78. The highest BCUT2D eigenvalue weighted by Gasteiger charge is 2.39. The van der Waals surface area contributed by atoms with Crippen LogP contribution in [-0.2, 0) is 4.79 Å². The Labute approximate surface area is 67.5 Å². The van der Waals surface area contributed by atoms with E-state index in [-0.39, 0.29) is 6.54 Å². The molecule has 0 spiro atoms. The van der Waals surface area contributed by atoms with Crippen LogP contribution in [0.25, 0.3) is 0 Å². The number of nitro groups is 1. The van der Waals surface area contributed by atoms with Crippen LogP contribution in [0.5, 0.6) is 0 Å². The summed E-state index contributed by atoms with van der Waals surface area (Å²) >= 11 is 0. The summed E-state index contributed by atoms with van der Waals surface area (Å²) in [6.07, 6.45) is 0. The molecule has 0 aliphatic carbocycles. The lowest BCUT2D eigenvalue weighted by molar-refractivity contribution is -0.507. The fourth-order valence-corrected chi connectivity index (χ4v) is 0.878. The zero-order valence-corrected chi connectivity index (χ0v) is 6.31. The molecule has 1 heterocycles. The monoisotopic (exact) mass is 173 g/mol. The van der Waals surface area contributed by atoms with E-state index in [1.807, 2.05) is 0 Å². The molecule has 1 rings (SSSR count). The van der Waals surface area contributed by atoms with E-state index in [4.69, 9.17) is 0 Å². The van der Waals surface area contributed by atoms with Gasteiger partial charge in [0.25, 0.3) is 0 Å². The number of nitrogens with one attached hydrogen (secondary N) is 1. The van der Waals surface area contributed by atoms with Gasteiger partial charge in [-0.1, -0.05) is 0 Å². The number of nitrogens with zero attached hydrogens (tertiary/aromatic N) is 2. The summed E-state index contributed by atoms with van der Waals surface area (Å²) in [5.41, 5.74) is 0. The quantitative estimate of drug-likeness (QED) is 0.398. The van der Waals surface area contributed by atoms with E-state index in [1.54, 1.807) is 0 Å². The molecule has 1 unspecified atom stereocenters. The SMILES string of the molecule is CN1C(=O)NCC([N+](=O)[O-])C1=O. The molecule has 0 aromatic heterocycles. The zero-order chi connectivity index (χ0) is 9.30. The van der Waals surface area contributed by atoms with E-state index in [9.17, 15) is 19.7 Å². The van der Waals surface area contributed by atoms with E-state index >= 15 is 0 Å². The number of rotatable bonds is 1. The molecule has 7 nitrogen and oxygen atoms in total. The molecule has 3 amide bonds.